The van der Waals surface area contributed by atoms with Crippen LogP contribution >= 0.6 is 0 Å². The number of benzene rings is 2. The average Bonchev–Trinajstić information content (AvgIpc) is 3.22. The van der Waals surface area contributed by atoms with Crippen LogP contribution in [0.3, 0.4) is 0 Å². The first-order valence-corrected chi connectivity index (χ1v) is 11.6. The van der Waals surface area contributed by atoms with Gasteiger partial charge in [-0.25, -0.2) is 17.5 Å². The fourth-order valence-electron chi connectivity index (χ4n) is 3.94. The number of carbonyl (C=O) groups is 1. The molecule has 160 valence electrons. The van der Waals surface area contributed by atoms with Gasteiger partial charge in [-0.05, 0) is 54.3 Å². The Bertz CT molecular complexity index is 994. The van der Waals surface area contributed by atoms with Crippen molar-refractivity contribution in [3.8, 4) is 0 Å². The van der Waals surface area contributed by atoms with E-state index in [0.717, 1.165) is 36.8 Å². The molecule has 1 amide bonds. The van der Waals surface area contributed by atoms with Crippen molar-refractivity contribution in [3.05, 3.63) is 71.6 Å². The van der Waals surface area contributed by atoms with E-state index in [1.165, 1.54) is 30.3 Å². The van der Waals surface area contributed by atoms with E-state index in [-0.39, 0.29) is 22.0 Å². The Hall–Kier alpha value is -2.51. The molecule has 0 heterocycles. The summed E-state index contributed by atoms with van der Waals surface area (Å²) >= 11 is 0. The first-order valence-electron chi connectivity index (χ1n) is 10.2. The Morgan fingerprint density at radius 2 is 1.70 bits per heavy atom. The number of carbonyl (C=O) groups excluding carboxylic acids is 1. The van der Waals surface area contributed by atoms with Gasteiger partial charge in [0.05, 0.1) is 4.90 Å². The summed E-state index contributed by atoms with van der Waals surface area (Å²) in [7, 11) is -3.49. The highest BCUT2D eigenvalue weighted by molar-refractivity contribution is 7.89. The van der Waals surface area contributed by atoms with Crippen LogP contribution in [0.1, 0.15) is 43.7 Å². The molecule has 1 aliphatic carbocycles. The van der Waals surface area contributed by atoms with Crippen molar-refractivity contribution in [2.75, 3.05) is 13.1 Å². The zero-order valence-electron chi connectivity index (χ0n) is 17.0. The monoisotopic (exact) mass is 430 g/mol. The summed E-state index contributed by atoms with van der Waals surface area (Å²) in [5.41, 5.74) is 1.64. The van der Waals surface area contributed by atoms with Crippen LogP contribution in [0.25, 0.3) is 6.08 Å². The molecule has 2 aromatic rings. The number of halogens is 1. The molecule has 0 atom stereocenters. The summed E-state index contributed by atoms with van der Waals surface area (Å²) < 4.78 is 39.7. The van der Waals surface area contributed by atoms with Gasteiger partial charge in [-0.2, -0.15) is 0 Å². The second kappa shape index (κ2) is 9.53. The second-order valence-corrected chi connectivity index (χ2v) is 9.38. The Kier molecular flexibility index (Phi) is 7.05. The molecular formula is C23H27FN2O3S. The Balaban J connectivity index is 1.62. The first kappa shape index (κ1) is 22.2. The van der Waals surface area contributed by atoms with Gasteiger partial charge in [0.25, 0.3) is 0 Å². The molecule has 1 saturated carbocycles. The van der Waals surface area contributed by atoms with Gasteiger partial charge < -0.3 is 5.32 Å². The molecule has 5 nitrogen and oxygen atoms in total. The van der Waals surface area contributed by atoms with Crippen molar-refractivity contribution in [2.24, 2.45) is 0 Å². The topological polar surface area (TPSA) is 75.3 Å². The molecule has 0 aromatic heterocycles. The Morgan fingerprint density at radius 3 is 2.30 bits per heavy atom. The quantitative estimate of drug-likeness (QED) is 0.626. The first-order chi connectivity index (χ1) is 14.3. The molecule has 3 rings (SSSR count). The van der Waals surface area contributed by atoms with Crippen LogP contribution in [0.15, 0.2) is 59.5 Å². The van der Waals surface area contributed by atoms with Gasteiger partial charge in [0.15, 0.2) is 0 Å². The van der Waals surface area contributed by atoms with E-state index in [0.29, 0.717) is 13.1 Å². The van der Waals surface area contributed by atoms with Crippen molar-refractivity contribution in [3.63, 3.8) is 0 Å². The minimum absolute atomic E-state index is 0.153. The van der Waals surface area contributed by atoms with E-state index in [2.05, 4.69) is 10.0 Å². The smallest absolute Gasteiger partial charge is 0.244 e. The van der Waals surface area contributed by atoms with Crippen LogP contribution in [-0.2, 0) is 20.2 Å². The van der Waals surface area contributed by atoms with Crippen molar-refractivity contribution >= 4 is 22.0 Å². The minimum Gasteiger partial charge on any atom is -0.352 e. The largest absolute Gasteiger partial charge is 0.352 e. The summed E-state index contributed by atoms with van der Waals surface area (Å²) in [6.45, 7) is 2.55. The predicted octanol–water partition coefficient (Wildman–Crippen LogP) is 3.77. The Morgan fingerprint density at radius 1 is 1.07 bits per heavy atom. The van der Waals surface area contributed by atoms with Gasteiger partial charge in [-0.15, -0.1) is 0 Å². The van der Waals surface area contributed by atoms with Crippen LogP contribution in [0.2, 0.25) is 0 Å². The predicted molar refractivity (Wildman–Crippen MR) is 116 cm³/mol. The Labute approximate surface area is 177 Å². The number of hydrogen-bond acceptors (Lipinski definition) is 3. The van der Waals surface area contributed by atoms with Gasteiger partial charge >= 0.3 is 0 Å². The molecule has 0 saturated heterocycles. The van der Waals surface area contributed by atoms with Gasteiger partial charge in [-0.1, -0.05) is 44.0 Å². The lowest BCUT2D eigenvalue weighted by molar-refractivity contribution is -0.116. The maximum absolute atomic E-state index is 13.3. The van der Waals surface area contributed by atoms with Crippen molar-refractivity contribution in [1.29, 1.82) is 0 Å². The molecule has 0 radical (unpaired) electrons. The molecule has 0 bridgehead atoms. The van der Waals surface area contributed by atoms with E-state index in [1.807, 2.05) is 12.1 Å². The third-order valence-electron chi connectivity index (χ3n) is 5.57. The standard InChI is InChI=1S/C23H27FN2O3S/c1-2-26-30(28,29)21-12-5-18(6-13-21)7-14-22(27)25-17-23(15-3-4-16-23)19-8-10-20(24)11-9-19/h5-14,26H,2-4,15-17H2,1H3,(H,25,27)/b14-7+. The van der Waals surface area contributed by atoms with Crippen LogP contribution in [0, 0.1) is 5.82 Å². The van der Waals surface area contributed by atoms with Crippen LogP contribution in [0.4, 0.5) is 4.39 Å². The maximum Gasteiger partial charge on any atom is 0.244 e. The van der Waals surface area contributed by atoms with E-state index in [1.54, 1.807) is 25.1 Å². The fourth-order valence-corrected chi connectivity index (χ4v) is 4.98. The van der Waals surface area contributed by atoms with Gasteiger partial charge in [0, 0.05) is 24.6 Å². The molecule has 1 fully saturated rings. The third kappa shape index (κ3) is 5.34. The van der Waals surface area contributed by atoms with E-state index < -0.39 is 10.0 Å². The molecule has 1 aliphatic rings. The summed E-state index contributed by atoms with van der Waals surface area (Å²) in [5, 5.41) is 2.98. The maximum atomic E-state index is 13.3. The molecule has 0 unspecified atom stereocenters. The van der Waals surface area contributed by atoms with E-state index in [4.69, 9.17) is 0 Å². The average molecular weight is 431 g/mol. The molecule has 0 spiro atoms. The fraction of sp³-hybridized carbons (Fsp3) is 0.348. The zero-order chi connectivity index (χ0) is 21.6. The highest BCUT2D eigenvalue weighted by Gasteiger charge is 2.35. The SMILES string of the molecule is CCNS(=O)(=O)c1ccc(/C=C/C(=O)NCC2(c3ccc(F)cc3)CCCC2)cc1. The molecule has 30 heavy (non-hydrogen) atoms. The van der Waals surface area contributed by atoms with Gasteiger partial charge in [-0.3, -0.25) is 4.79 Å². The van der Waals surface area contributed by atoms with E-state index >= 15 is 0 Å². The van der Waals surface area contributed by atoms with Crippen molar-refractivity contribution < 1.29 is 17.6 Å². The summed E-state index contributed by atoms with van der Waals surface area (Å²) in [6.07, 6.45) is 7.20. The summed E-state index contributed by atoms with van der Waals surface area (Å²) in [5.74, 6) is -0.476. The minimum atomic E-state index is -3.49. The van der Waals surface area contributed by atoms with Crippen LogP contribution < -0.4 is 10.0 Å². The van der Waals surface area contributed by atoms with E-state index in [9.17, 15) is 17.6 Å². The second-order valence-electron chi connectivity index (χ2n) is 7.62. The lowest BCUT2D eigenvalue weighted by Gasteiger charge is -2.29. The van der Waals surface area contributed by atoms with Crippen LogP contribution in [-0.4, -0.2) is 27.4 Å². The lowest BCUT2D eigenvalue weighted by Crippen LogP contribution is -2.38. The van der Waals surface area contributed by atoms with Crippen LogP contribution in [0.5, 0.6) is 0 Å². The van der Waals surface area contributed by atoms with Crippen molar-refractivity contribution in [2.45, 2.75) is 42.9 Å². The molecular weight excluding hydrogens is 403 g/mol. The number of sulfonamides is 1. The molecule has 0 aliphatic heterocycles. The van der Waals surface area contributed by atoms with Gasteiger partial charge in [0.1, 0.15) is 5.82 Å². The third-order valence-corrected chi connectivity index (χ3v) is 7.13. The highest BCUT2D eigenvalue weighted by atomic mass is 32.2. The zero-order valence-corrected chi connectivity index (χ0v) is 17.8. The highest BCUT2D eigenvalue weighted by Crippen LogP contribution is 2.40. The molecule has 7 heteroatoms. The number of nitrogens with one attached hydrogen (secondary N) is 2. The summed E-state index contributed by atoms with van der Waals surface area (Å²) in [4.78, 5) is 12.5. The lowest BCUT2D eigenvalue weighted by atomic mass is 9.79. The number of rotatable bonds is 8. The van der Waals surface area contributed by atoms with Gasteiger partial charge in [0.2, 0.25) is 15.9 Å². The molecule has 2 N–H and O–H groups in total. The van der Waals surface area contributed by atoms with Crippen molar-refractivity contribution in [1.82, 2.24) is 10.0 Å². The number of hydrogen-bond donors (Lipinski definition) is 2. The molecule has 2 aromatic carbocycles. The normalized spacial score (nSPS) is 16.1. The number of amides is 1. The summed E-state index contributed by atoms with van der Waals surface area (Å²) in [6, 6.07) is 12.9.